The fourth-order valence-corrected chi connectivity index (χ4v) is 3.55. The van der Waals surface area contributed by atoms with Gasteiger partial charge in [0.15, 0.2) is 0 Å². The maximum absolute atomic E-state index is 13.3. The fraction of sp³-hybridized carbons (Fsp3) is 0.231. The summed E-state index contributed by atoms with van der Waals surface area (Å²) in [4.78, 5) is 23.7. The molecule has 0 saturated heterocycles. The van der Waals surface area contributed by atoms with E-state index < -0.39 is 0 Å². The van der Waals surface area contributed by atoms with Gasteiger partial charge >= 0.3 is 0 Å². The van der Waals surface area contributed by atoms with Gasteiger partial charge in [-0.1, -0.05) is 18.2 Å². The van der Waals surface area contributed by atoms with E-state index in [4.69, 9.17) is 9.47 Å². The van der Waals surface area contributed by atoms with Crippen LogP contribution in [0.15, 0.2) is 66.7 Å². The molecule has 0 aromatic heterocycles. The molecule has 3 aromatic carbocycles. The van der Waals surface area contributed by atoms with Crippen molar-refractivity contribution in [2.24, 2.45) is 0 Å². The van der Waals surface area contributed by atoms with Crippen molar-refractivity contribution in [3.63, 3.8) is 0 Å². The number of amides is 2. The van der Waals surface area contributed by atoms with Crippen LogP contribution in [-0.4, -0.2) is 18.4 Å². The van der Waals surface area contributed by atoms with Gasteiger partial charge in [-0.25, -0.2) is 4.39 Å². The third-order valence-electron chi connectivity index (χ3n) is 5.20. The number of rotatable bonds is 9. The molecule has 2 amide bonds. The van der Waals surface area contributed by atoms with Gasteiger partial charge in [-0.2, -0.15) is 0 Å². The second kappa shape index (κ2) is 10.6. The van der Waals surface area contributed by atoms with Gasteiger partial charge in [0.1, 0.15) is 23.9 Å². The van der Waals surface area contributed by atoms with Crippen molar-refractivity contribution in [1.82, 2.24) is 0 Å². The zero-order chi connectivity index (χ0) is 23.0. The number of benzene rings is 3. The van der Waals surface area contributed by atoms with Gasteiger partial charge in [0.05, 0.1) is 6.61 Å². The lowest BCUT2D eigenvalue weighted by atomic mass is 10.0. The Hall–Kier alpha value is -3.87. The van der Waals surface area contributed by atoms with Crippen LogP contribution in [0.2, 0.25) is 0 Å². The van der Waals surface area contributed by atoms with E-state index >= 15 is 0 Å². The normalized spacial score (nSPS) is 12.5. The first-order valence-corrected chi connectivity index (χ1v) is 10.9. The van der Waals surface area contributed by atoms with Crippen LogP contribution in [0, 0.1) is 5.82 Å². The number of ether oxygens (including phenoxy) is 2. The van der Waals surface area contributed by atoms with Crippen molar-refractivity contribution in [3.8, 4) is 11.5 Å². The van der Waals surface area contributed by atoms with Crippen molar-refractivity contribution in [2.45, 2.75) is 32.3 Å². The second-order valence-electron chi connectivity index (χ2n) is 7.81. The maximum Gasteiger partial charge on any atom is 0.224 e. The van der Waals surface area contributed by atoms with Gasteiger partial charge in [-0.15, -0.1) is 0 Å². The Balaban J connectivity index is 1.20. The lowest BCUT2D eigenvalue weighted by Crippen LogP contribution is -2.18. The van der Waals surface area contributed by atoms with E-state index in [1.807, 2.05) is 18.2 Å². The first-order chi connectivity index (χ1) is 16.0. The number of carbonyl (C=O) groups is 2. The highest BCUT2D eigenvalue weighted by molar-refractivity contribution is 5.94. The Morgan fingerprint density at radius 3 is 2.70 bits per heavy atom. The average molecular weight is 448 g/mol. The third kappa shape index (κ3) is 6.55. The Bertz CT molecular complexity index is 1150. The van der Waals surface area contributed by atoms with Crippen LogP contribution in [0.4, 0.5) is 15.8 Å². The molecule has 0 atom stereocenters. The lowest BCUT2D eigenvalue weighted by Gasteiger charge is -2.17. The number of halogens is 1. The molecule has 3 aromatic rings. The largest absolute Gasteiger partial charge is 0.494 e. The van der Waals surface area contributed by atoms with Crippen LogP contribution in [0.3, 0.4) is 0 Å². The van der Waals surface area contributed by atoms with Crippen molar-refractivity contribution in [1.29, 1.82) is 0 Å². The second-order valence-corrected chi connectivity index (χ2v) is 7.81. The summed E-state index contributed by atoms with van der Waals surface area (Å²) in [6.07, 6.45) is 2.06. The third-order valence-corrected chi connectivity index (χ3v) is 5.20. The molecular weight excluding hydrogens is 423 g/mol. The summed E-state index contributed by atoms with van der Waals surface area (Å²) in [6.45, 7) is 0.650. The summed E-state index contributed by atoms with van der Waals surface area (Å²) in [7, 11) is 0. The van der Waals surface area contributed by atoms with Gasteiger partial charge in [-0.05, 0) is 66.4 Å². The average Bonchev–Trinajstić information content (AvgIpc) is 2.81. The van der Waals surface area contributed by atoms with Crippen LogP contribution in [0.1, 0.15) is 30.4 Å². The summed E-state index contributed by atoms with van der Waals surface area (Å²) in [5, 5.41) is 5.70. The molecule has 0 spiro atoms. The van der Waals surface area contributed by atoms with E-state index in [0.717, 1.165) is 22.6 Å². The predicted octanol–water partition coefficient (Wildman–Crippen LogP) is 5.09. The highest BCUT2D eigenvalue weighted by Gasteiger charge is 2.15. The number of hydrogen-bond acceptors (Lipinski definition) is 4. The van der Waals surface area contributed by atoms with E-state index in [2.05, 4.69) is 10.6 Å². The van der Waals surface area contributed by atoms with Crippen molar-refractivity contribution < 1.29 is 23.5 Å². The Morgan fingerprint density at radius 2 is 1.82 bits per heavy atom. The number of anilines is 2. The molecule has 0 unspecified atom stereocenters. The highest BCUT2D eigenvalue weighted by Crippen LogP contribution is 2.27. The van der Waals surface area contributed by atoms with Gasteiger partial charge in [-0.3, -0.25) is 9.59 Å². The molecular formula is C26H25FN2O4. The van der Waals surface area contributed by atoms with E-state index in [1.54, 1.807) is 36.4 Å². The SMILES string of the molecule is O=C(CCCOc1ccc2c(c1)CCC(=O)N2)Nc1cccc(OCc2cccc(F)c2)c1. The van der Waals surface area contributed by atoms with Crippen LogP contribution in [0.5, 0.6) is 11.5 Å². The number of fused-ring (bicyclic) bond motifs is 1. The van der Waals surface area contributed by atoms with E-state index in [9.17, 15) is 14.0 Å². The number of carbonyl (C=O) groups excluding carboxylic acids is 2. The summed E-state index contributed by atoms with van der Waals surface area (Å²) in [5.41, 5.74) is 3.26. The molecule has 170 valence electrons. The minimum atomic E-state index is -0.304. The summed E-state index contributed by atoms with van der Waals surface area (Å²) < 4.78 is 24.7. The minimum absolute atomic E-state index is 0.0332. The highest BCUT2D eigenvalue weighted by atomic mass is 19.1. The van der Waals surface area contributed by atoms with E-state index in [-0.39, 0.29) is 24.2 Å². The Morgan fingerprint density at radius 1 is 0.970 bits per heavy atom. The first-order valence-electron chi connectivity index (χ1n) is 10.9. The van der Waals surface area contributed by atoms with Gasteiger partial charge in [0, 0.05) is 30.3 Å². The van der Waals surface area contributed by atoms with Gasteiger partial charge < -0.3 is 20.1 Å². The summed E-state index contributed by atoms with van der Waals surface area (Å²) >= 11 is 0. The van der Waals surface area contributed by atoms with Crippen molar-refractivity contribution in [3.05, 3.63) is 83.7 Å². The molecule has 1 aliphatic rings. The van der Waals surface area contributed by atoms with Gasteiger partial charge in [0.2, 0.25) is 11.8 Å². The number of nitrogens with one attached hydrogen (secondary N) is 2. The Kier molecular flexibility index (Phi) is 7.19. The van der Waals surface area contributed by atoms with Crippen molar-refractivity contribution >= 4 is 23.2 Å². The molecule has 0 radical (unpaired) electrons. The molecule has 2 N–H and O–H groups in total. The molecule has 7 heteroatoms. The molecule has 1 aliphatic heterocycles. The van der Waals surface area contributed by atoms with Crippen LogP contribution in [-0.2, 0) is 22.6 Å². The van der Waals surface area contributed by atoms with Crippen LogP contribution >= 0.6 is 0 Å². The quantitative estimate of drug-likeness (QED) is 0.447. The molecule has 0 fully saturated rings. The minimum Gasteiger partial charge on any atom is -0.494 e. The zero-order valence-corrected chi connectivity index (χ0v) is 18.1. The smallest absolute Gasteiger partial charge is 0.224 e. The van der Waals surface area contributed by atoms with E-state index in [0.29, 0.717) is 43.7 Å². The van der Waals surface area contributed by atoms with E-state index in [1.165, 1.54) is 12.1 Å². The van der Waals surface area contributed by atoms with Gasteiger partial charge in [0.25, 0.3) is 0 Å². The monoisotopic (exact) mass is 448 g/mol. The summed E-state index contributed by atoms with van der Waals surface area (Å²) in [6, 6.07) is 18.9. The zero-order valence-electron chi connectivity index (χ0n) is 18.1. The van der Waals surface area contributed by atoms with Crippen molar-refractivity contribution in [2.75, 3.05) is 17.2 Å². The topological polar surface area (TPSA) is 76.7 Å². The Labute approximate surface area is 191 Å². The molecule has 33 heavy (non-hydrogen) atoms. The molecule has 0 aliphatic carbocycles. The number of aryl methyl sites for hydroxylation is 1. The number of hydrogen-bond donors (Lipinski definition) is 2. The summed E-state index contributed by atoms with van der Waals surface area (Å²) in [5.74, 6) is 0.929. The predicted molar refractivity (Wildman–Crippen MR) is 124 cm³/mol. The van der Waals surface area contributed by atoms with Crippen LogP contribution in [0.25, 0.3) is 0 Å². The molecule has 4 rings (SSSR count). The standard InChI is InChI=1S/C26H25FN2O4/c27-20-5-1-4-18(14-20)17-33-22-7-2-6-21(16-22)28-25(30)8-3-13-32-23-10-11-24-19(15-23)9-12-26(31)29-24/h1-2,4-7,10-11,14-16H,3,8-9,12-13,17H2,(H,28,30)(H,29,31). The van der Waals surface area contributed by atoms with Crippen LogP contribution < -0.4 is 20.1 Å². The molecule has 1 heterocycles. The first kappa shape index (κ1) is 22.3. The fourth-order valence-electron chi connectivity index (χ4n) is 3.55. The molecule has 6 nitrogen and oxygen atoms in total. The maximum atomic E-state index is 13.3. The molecule has 0 bridgehead atoms. The lowest BCUT2D eigenvalue weighted by molar-refractivity contribution is -0.117. The molecule has 0 saturated carbocycles.